The number of aromatic nitrogens is 1. The van der Waals surface area contributed by atoms with Crippen LogP contribution < -0.4 is 5.73 Å². The van der Waals surface area contributed by atoms with E-state index in [0.29, 0.717) is 16.6 Å². The number of halogens is 1. The summed E-state index contributed by atoms with van der Waals surface area (Å²) in [6.07, 6.45) is 0. The van der Waals surface area contributed by atoms with Gasteiger partial charge in [-0.15, -0.1) is 0 Å². The molecule has 0 unspecified atom stereocenters. The second-order valence-electron chi connectivity index (χ2n) is 5.10. The number of anilines is 1. The second-order valence-corrected chi connectivity index (χ2v) is 5.51. The SMILES string of the molecule is Cc1ccc(-c2c(-c3ccc(C)c(Cl)c3)noc2N)cc1. The van der Waals surface area contributed by atoms with E-state index in [9.17, 15) is 0 Å². The average Bonchev–Trinajstić information content (AvgIpc) is 2.85. The Morgan fingerprint density at radius 1 is 1.00 bits per heavy atom. The fourth-order valence-electron chi connectivity index (χ4n) is 2.24. The third-order valence-electron chi connectivity index (χ3n) is 3.50. The van der Waals surface area contributed by atoms with Crippen molar-refractivity contribution in [1.82, 2.24) is 5.16 Å². The van der Waals surface area contributed by atoms with Gasteiger partial charge in [0, 0.05) is 10.6 Å². The van der Waals surface area contributed by atoms with Gasteiger partial charge >= 0.3 is 0 Å². The molecule has 0 spiro atoms. The van der Waals surface area contributed by atoms with Crippen LogP contribution in [0.15, 0.2) is 47.0 Å². The minimum atomic E-state index is 0.311. The van der Waals surface area contributed by atoms with Crippen LogP contribution in [0.1, 0.15) is 11.1 Å². The number of hydrogen-bond acceptors (Lipinski definition) is 3. The second kappa shape index (κ2) is 5.26. The first-order valence-electron chi connectivity index (χ1n) is 6.65. The van der Waals surface area contributed by atoms with E-state index in [4.69, 9.17) is 21.9 Å². The minimum absolute atomic E-state index is 0.311. The van der Waals surface area contributed by atoms with E-state index in [-0.39, 0.29) is 0 Å². The van der Waals surface area contributed by atoms with Crippen LogP contribution in [0.3, 0.4) is 0 Å². The lowest BCUT2D eigenvalue weighted by Crippen LogP contribution is -1.88. The Labute approximate surface area is 128 Å². The number of nitrogens with zero attached hydrogens (tertiary/aromatic N) is 1. The van der Waals surface area contributed by atoms with Crippen LogP contribution in [0.2, 0.25) is 5.02 Å². The number of rotatable bonds is 2. The molecule has 0 saturated carbocycles. The van der Waals surface area contributed by atoms with Crippen LogP contribution >= 0.6 is 11.6 Å². The molecule has 1 aromatic heterocycles. The Morgan fingerprint density at radius 3 is 2.33 bits per heavy atom. The van der Waals surface area contributed by atoms with Gasteiger partial charge in [0.2, 0.25) is 5.88 Å². The highest BCUT2D eigenvalue weighted by Crippen LogP contribution is 2.37. The Hall–Kier alpha value is -2.26. The number of hydrogen-bond donors (Lipinski definition) is 1. The highest BCUT2D eigenvalue weighted by atomic mass is 35.5. The molecule has 0 atom stereocenters. The van der Waals surface area contributed by atoms with E-state index in [1.54, 1.807) is 0 Å². The summed E-state index contributed by atoms with van der Waals surface area (Å²) in [6, 6.07) is 13.9. The number of nitrogens with two attached hydrogens (primary N) is 1. The topological polar surface area (TPSA) is 52.0 Å². The predicted octanol–water partition coefficient (Wildman–Crippen LogP) is 4.86. The highest BCUT2D eigenvalue weighted by Gasteiger charge is 2.17. The molecule has 3 aromatic rings. The third kappa shape index (κ3) is 2.52. The molecule has 0 aliphatic carbocycles. The first-order chi connectivity index (χ1) is 10.1. The van der Waals surface area contributed by atoms with Crippen molar-refractivity contribution in [1.29, 1.82) is 0 Å². The number of benzene rings is 2. The van der Waals surface area contributed by atoms with Crippen molar-refractivity contribution in [3.63, 3.8) is 0 Å². The summed E-state index contributed by atoms with van der Waals surface area (Å²) in [5.41, 5.74) is 11.5. The van der Waals surface area contributed by atoms with Crippen molar-refractivity contribution in [3.8, 4) is 22.4 Å². The molecule has 0 aliphatic rings. The Bertz CT molecular complexity index is 791. The van der Waals surface area contributed by atoms with Gasteiger partial charge in [-0.3, -0.25) is 0 Å². The van der Waals surface area contributed by atoms with Crippen molar-refractivity contribution in [3.05, 3.63) is 58.6 Å². The molecule has 0 radical (unpaired) electrons. The Balaban J connectivity index is 2.16. The van der Waals surface area contributed by atoms with Gasteiger partial charge in [-0.05, 0) is 31.0 Å². The first-order valence-corrected chi connectivity index (χ1v) is 7.03. The van der Waals surface area contributed by atoms with Crippen molar-refractivity contribution < 1.29 is 4.52 Å². The minimum Gasteiger partial charge on any atom is -0.367 e. The van der Waals surface area contributed by atoms with Crippen LogP contribution in [-0.2, 0) is 0 Å². The van der Waals surface area contributed by atoms with E-state index in [0.717, 1.165) is 22.3 Å². The number of aryl methyl sites for hydroxylation is 2. The monoisotopic (exact) mass is 298 g/mol. The van der Waals surface area contributed by atoms with Crippen LogP contribution in [0.4, 0.5) is 5.88 Å². The fraction of sp³-hybridized carbons (Fsp3) is 0.118. The average molecular weight is 299 g/mol. The molecule has 4 heteroatoms. The third-order valence-corrected chi connectivity index (χ3v) is 3.91. The molecule has 3 rings (SSSR count). The molecule has 106 valence electrons. The van der Waals surface area contributed by atoms with Crippen LogP contribution in [0.25, 0.3) is 22.4 Å². The molecule has 0 fully saturated rings. The molecular formula is C17H15ClN2O. The van der Waals surface area contributed by atoms with Crippen molar-refractivity contribution in [2.24, 2.45) is 0 Å². The summed E-state index contributed by atoms with van der Waals surface area (Å²) in [7, 11) is 0. The number of nitrogen functional groups attached to an aromatic ring is 1. The normalized spacial score (nSPS) is 10.8. The lowest BCUT2D eigenvalue weighted by molar-refractivity contribution is 0.439. The van der Waals surface area contributed by atoms with Crippen molar-refractivity contribution >= 4 is 17.5 Å². The summed E-state index contributed by atoms with van der Waals surface area (Å²) >= 11 is 6.20. The zero-order chi connectivity index (χ0) is 15.0. The first kappa shape index (κ1) is 13.7. The van der Waals surface area contributed by atoms with Crippen molar-refractivity contribution in [2.75, 3.05) is 5.73 Å². The maximum atomic E-state index is 6.20. The highest BCUT2D eigenvalue weighted by molar-refractivity contribution is 6.31. The van der Waals surface area contributed by atoms with Gasteiger partial charge in [-0.1, -0.05) is 58.7 Å². The smallest absolute Gasteiger partial charge is 0.230 e. The quantitative estimate of drug-likeness (QED) is 0.735. The Kier molecular flexibility index (Phi) is 3.43. The summed E-state index contributed by atoms with van der Waals surface area (Å²) in [6.45, 7) is 4.01. The predicted molar refractivity (Wildman–Crippen MR) is 86.3 cm³/mol. The van der Waals surface area contributed by atoms with Crippen molar-refractivity contribution in [2.45, 2.75) is 13.8 Å². The largest absolute Gasteiger partial charge is 0.367 e. The van der Waals surface area contributed by atoms with Gasteiger partial charge in [-0.2, -0.15) is 0 Å². The maximum Gasteiger partial charge on any atom is 0.230 e. The van der Waals surface area contributed by atoms with Crippen LogP contribution in [0.5, 0.6) is 0 Å². The molecule has 2 aromatic carbocycles. The lowest BCUT2D eigenvalue weighted by Gasteiger charge is -2.05. The molecule has 0 amide bonds. The molecular weight excluding hydrogens is 284 g/mol. The molecule has 3 nitrogen and oxygen atoms in total. The van der Waals surface area contributed by atoms with Gasteiger partial charge in [0.1, 0.15) is 5.69 Å². The summed E-state index contributed by atoms with van der Waals surface area (Å²) in [4.78, 5) is 0. The van der Waals surface area contributed by atoms with Gasteiger partial charge < -0.3 is 10.3 Å². The Morgan fingerprint density at radius 2 is 1.67 bits per heavy atom. The molecule has 2 N–H and O–H groups in total. The van der Waals surface area contributed by atoms with E-state index in [1.807, 2.05) is 56.3 Å². The lowest BCUT2D eigenvalue weighted by atomic mass is 9.99. The zero-order valence-electron chi connectivity index (χ0n) is 11.9. The van der Waals surface area contributed by atoms with E-state index < -0.39 is 0 Å². The van der Waals surface area contributed by atoms with Gasteiger partial charge in [0.05, 0.1) is 5.56 Å². The van der Waals surface area contributed by atoms with E-state index in [2.05, 4.69) is 5.16 Å². The van der Waals surface area contributed by atoms with Crippen LogP contribution in [-0.4, -0.2) is 5.16 Å². The summed E-state index contributed by atoms with van der Waals surface area (Å²) < 4.78 is 5.19. The molecule has 0 bridgehead atoms. The maximum absolute atomic E-state index is 6.20. The van der Waals surface area contributed by atoms with E-state index in [1.165, 1.54) is 5.56 Å². The molecule has 1 heterocycles. The van der Waals surface area contributed by atoms with Gasteiger partial charge in [-0.25, -0.2) is 0 Å². The molecule has 21 heavy (non-hydrogen) atoms. The van der Waals surface area contributed by atoms with Gasteiger partial charge in [0.25, 0.3) is 0 Å². The molecule has 0 aliphatic heterocycles. The van der Waals surface area contributed by atoms with Gasteiger partial charge in [0.15, 0.2) is 0 Å². The zero-order valence-corrected chi connectivity index (χ0v) is 12.6. The summed E-state index contributed by atoms with van der Waals surface area (Å²) in [5.74, 6) is 0.311. The molecule has 0 saturated heterocycles. The standard InChI is InChI=1S/C17H15ClN2O/c1-10-3-6-12(7-4-10)15-16(20-21-17(15)19)13-8-5-11(2)14(18)9-13/h3-9H,19H2,1-2H3. The van der Waals surface area contributed by atoms with E-state index >= 15 is 0 Å². The fourth-order valence-corrected chi connectivity index (χ4v) is 2.42. The summed E-state index contributed by atoms with van der Waals surface area (Å²) in [5, 5.41) is 4.79. The van der Waals surface area contributed by atoms with Crippen LogP contribution in [0, 0.1) is 13.8 Å².